The molecule has 0 amide bonds. The van der Waals surface area contributed by atoms with E-state index in [-0.39, 0.29) is 18.8 Å². The standard InChI is InChI=1S/C12H14F3NO8S2/c1-25(17,18)24-16-11(12(13,14)15)9-3-5-10(6-4-9)22-7-2-8-23-26(19,20)21/h3-6H,2,7-8H2,1H3,(H,19,20,21)/p-1/b16-11-. The first-order valence-electron chi connectivity index (χ1n) is 6.65. The Morgan fingerprint density at radius 3 is 2.15 bits per heavy atom. The van der Waals surface area contributed by atoms with Crippen LogP contribution in [-0.2, 0) is 29.0 Å². The van der Waals surface area contributed by atoms with E-state index in [0.29, 0.717) is 6.26 Å². The Morgan fingerprint density at radius 2 is 1.69 bits per heavy atom. The van der Waals surface area contributed by atoms with Gasteiger partial charge in [0.1, 0.15) is 5.75 Å². The summed E-state index contributed by atoms with van der Waals surface area (Å²) in [7, 11) is -9.01. The van der Waals surface area contributed by atoms with Crippen molar-refractivity contribution < 1.29 is 47.8 Å². The number of hydrogen-bond acceptors (Lipinski definition) is 9. The highest BCUT2D eigenvalue weighted by Crippen LogP contribution is 2.24. The van der Waals surface area contributed by atoms with Gasteiger partial charge in [-0.3, -0.25) is 8.47 Å². The summed E-state index contributed by atoms with van der Waals surface area (Å²) in [5.74, 6) is 0.143. The number of rotatable bonds is 9. The Morgan fingerprint density at radius 1 is 1.12 bits per heavy atom. The second-order valence-corrected chi connectivity index (χ2v) is 7.28. The van der Waals surface area contributed by atoms with E-state index in [1.165, 1.54) is 0 Å². The second-order valence-electron chi connectivity index (χ2n) is 4.67. The minimum absolute atomic E-state index is 0.0423. The van der Waals surface area contributed by atoms with Gasteiger partial charge in [-0.05, 0) is 24.3 Å². The van der Waals surface area contributed by atoms with E-state index in [9.17, 15) is 34.6 Å². The van der Waals surface area contributed by atoms with E-state index in [1.807, 2.05) is 0 Å². The molecule has 1 rings (SSSR count). The maximum absolute atomic E-state index is 12.9. The van der Waals surface area contributed by atoms with Gasteiger partial charge in [-0.2, -0.15) is 21.6 Å². The third kappa shape index (κ3) is 8.98. The summed E-state index contributed by atoms with van der Waals surface area (Å²) in [4.78, 5) is 0. The van der Waals surface area contributed by atoms with Crippen LogP contribution >= 0.6 is 0 Å². The van der Waals surface area contributed by atoms with Gasteiger partial charge in [-0.25, -0.2) is 8.42 Å². The van der Waals surface area contributed by atoms with E-state index < -0.39 is 44.6 Å². The second kappa shape index (κ2) is 8.66. The largest absolute Gasteiger partial charge is 0.726 e. The molecule has 0 spiro atoms. The molecule has 0 radical (unpaired) electrons. The van der Waals surface area contributed by atoms with Gasteiger partial charge in [0.25, 0.3) is 0 Å². The Hall–Kier alpha value is -1.90. The van der Waals surface area contributed by atoms with Crippen LogP contribution in [0, 0.1) is 0 Å². The van der Waals surface area contributed by atoms with Crippen molar-refractivity contribution in [2.45, 2.75) is 12.6 Å². The zero-order valence-corrected chi connectivity index (χ0v) is 14.7. The van der Waals surface area contributed by atoms with Crippen LogP contribution in [0.25, 0.3) is 0 Å². The van der Waals surface area contributed by atoms with Crippen molar-refractivity contribution in [2.24, 2.45) is 5.16 Å². The van der Waals surface area contributed by atoms with E-state index in [1.54, 1.807) is 0 Å². The summed E-state index contributed by atoms with van der Waals surface area (Å²) in [5, 5.41) is 2.64. The van der Waals surface area contributed by atoms with E-state index in [4.69, 9.17) is 4.74 Å². The lowest BCUT2D eigenvalue weighted by molar-refractivity contribution is -0.0597. The number of alkyl halides is 3. The predicted molar refractivity (Wildman–Crippen MR) is 80.7 cm³/mol. The van der Waals surface area contributed by atoms with Crippen LogP contribution in [0.1, 0.15) is 12.0 Å². The number of halogens is 3. The smallest absolute Gasteiger partial charge is 0.437 e. The highest BCUT2D eigenvalue weighted by molar-refractivity contribution is 7.85. The molecule has 0 fully saturated rings. The Bertz CT molecular complexity index is 832. The average molecular weight is 420 g/mol. The van der Waals surface area contributed by atoms with Crippen molar-refractivity contribution in [2.75, 3.05) is 19.5 Å². The fourth-order valence-electron chi connectivity index (χ4n) is 1.49. The molecule has 0 bridgehead atoms. The lowest BCUT2D eigenvalue weighted by Gasteiger charge is -2.11. The Kier molecular flexibility index (Phi) is 7.37. The molecule has 0 saturated carbocycles. The first kappa shape index (κ1) is 22.1. The van der Waals surface area contributed by atoms with E-state index in [0.717, 1.165) is 24.3 Å². The molecule has 0 heterocycles. The summed E-state index contributed by atoms with van der Waals surface area (Å²) in [6, 6.07) is 4.27. The van der Waals surface area contributed by atoms with Gasteiger partial charge < -0.3 is 9.29 Å². The van der Waals surface area contributed by atoms with Crippen molar-refractivity contribution in [3.8, 4) is 5.75 Å². The lowest BCUT2D eigenvalue weighted by atomic mass is 10.1. The lowest BCUT2D eigenvalue weighted by Crippen LogP contribution is -2.24. The average Bonchev–Trinajstić information content (AvgIpc) is 2.44. The molecule has 0 N–H and O–H groups in total. The molecule has 0 atom stereocenters. The maximum Gasteiger partial charge on any atom is 0.437 e. The van der Waals surface area contributed by atoms with Crippen LogP contribution in [0.3, 0.4) is 0 Å². The van der Waals surface area contributed by atoms with Crippen molar-refractivity contribution in [1.82, 2.24) is 0 Å². The quantitative estimate of drug-likeness (QED) is 0.191. The number of nitrogens with zero attached hydrogens (tertiary/aromatic N) is 1. The molecular weight excluding hydrogens is 407 g/mol. The normalized spacial score (nSPS) is 13.5. The third-order valence-electron chi connectivity index (χ3n) is 2.45. The molecule has 0 aromatic heterocycles. The fraction of sp³-hybridized carbons (Fsp3) is 0.417. The number of benzene rings is 1. The van der Waals surface area contributed by atoms with Gasteiger partial charge in [-0.1, -0.05) is 5.16 Å². The molecule has 0 saturated heterocycles. The van der Waals surface area contributed by atoms with Gasteiger partial charge in [-0.15, -0.1) is 0 Å². The van der Waals surface area contributed by atoms with Gasteiger partial charge in [0, 0.05) is 12.0 Å². The van der Waals surface area contributed by atoms with Crippen LogP contribution in [0.4, 0.5) is 13.2 Å². The molecular formula is C12H13F3NO8S2-. The molecule has 26 heavy (non-hydrogen) atoms. The molecule has 148 valence electrons. The number of oxime groups is 1. The Balaban J connectivity index is 2.74. The summed E-state index contributed by atoms with van der Waals surface area (Å²) in [6.07, 6.45) is -4.38. The maximum atomic E-state index is 12.9. The molecule has 1 aromatic carbocycles. The molecule has 0 aliphatic heterocycles. The van der Waals surface area contributed by atoms with Crippen molar-refractivity contribution in [3.05, 3.63) is 29.8 Å². The van der Waals surface area contributed by atoms with Crippen molar-refractivity contribution in [1.29, 1.82) is 0 Å². The first-order chi connectivity index (χ1) is 11.8. The molecule has 0 aliphatic rings. The van der Waals surface area contributed by atoms with Crippen LogP contribution in [0.5, 0.6) is 5.75 Å². The minimum Gasteiger partial charge on any atom is -0.726 e. The molecule has 0 unspecified atom stereocenters. The number of hydrogen-bond donors (Lipinski definition) is 0. The molecule has 14 heteroatoms. The zero-order chi connectivity index (χ0) is 20.0. The topological polar surface area (TPSA) is 131 Å². The van der Waals surface area contributed by atoms with Crippen molar-refractivity contribution in [3.63, 3.8) is 0 Å². The summed E-state index contributed by atoms with van der Waals surface area (Å²) in [6.45, 7) is -0.468. The highest BCUT2D eigenvalue weighted by Gasteiger charge is 2.38. The van der Waals surface area contributed by atoms with Gasteiger partial charge in [0.2, 0.25) is 10.4 Å². The van der Waals surface area contributed by atoms with Crippen LogP contribution in [0.2, 0.25) is 0 Å². The predicted octanol–water partition coefficient (Wildman–Crippen LogP) is 1.17. The van der Waals surface area contributed by atoms with Crippen LogP contribution in [-0.4, -0.2) is 52.7 Å². The first-order valence-corrected chi connectivity index (χ1v) is 9.80. The number of ether oxygens (including phenoxy) is 1. The zero-order valence-electron chi connectivity index (χ0n) is 13.1. The fourth-order valence-corrected chi connectivity index (χ4v) is 2.02. The molecule has 9 nitrogen and oxygen atoms in total. The summed E-state index contributed by atoms with van der Waals surface area (Å²) >= 11 is 0. The van der Waals surface area contributed by atoms with Gasteiger partial charge >= 0.3 is 16.3 Å². The van der Waals surface area contributed by atoms with E-state index in [2.05, 4.69) is 13.6 Å². The Labute approximate surface area is 147 Å². The van der Waals surface area contributed by atoms with Crippen molar-refractivity contribution >= 4 is 26.2 Å². The molecule has 0 aliphatic carbocycles. The molecule has 1 aromatic rings. The SMILES string of the molecule is CS(=O)(=O)O/N=C(/c1ccc(OCCCOS(=O)(=O)[O-])cc1)C(F)(F)F. The van der Waals surface area contributed by atoms with E-state index >= 15 is 0 Å². The van der Waals surface area contributed by atoms with Crippen LogP contribution in [0.15, 0.2) is 29.4 Å². The monoisotopic (exact) mass is 420 g/mol. The van der Waals surface area contributed by atoms with Crippen LogP contribution < -0.4 is 4.74 Å². The van der Waals surface area contributed by atoms with Gasteiger partial charge in [0.15, 0.2) is 5.71 Å². The third-order valence-corrected chi connectivity index (χ3v) is 3.25. The summed E-state index contributed by atoms with van der Waals surface area (Å²) in [5.41, 5.74) is -2.02. The van der Waals surface area contributed by atoms with Gasteiger partial charge in [0.05, 0.1) is 19.5 Å². The highest BCUT2D eigenvalue weighted by atomic mass is 32.3. The summed E-state index contributed by atoms with van der Waals surface area (Å²) < 4.78 is 104. The minimum atomic E-state index is -4.96.